The molecule has 0 unspecified atom stereocenters. The molecule has 0 aliphatic heterocycles. The monoisotopic (exact) mass is 212 g/mol. The molecule has 0 atom stereocenters. The van der Waals surface area contributed by atoms with E-state index in [0.717, 1.165) is 11.3 Å². The minimum absolute atomic E-state index is 0.592. The van der Waals surface area contributed by atoms with E-state index >= 15 is 0 Å². The van der Waals surface area contributed by atoms with Crippen LogP contribution in [-0.2, 0) is 0 Å². The third kappa shape index (κ3) is 1.86. The first-order valence-electron chi connectivity index (χ1n) is 4.82. The van der Waals surface area contributed by atoms with Crippen molar-refractivity contribution in [2.75, 3.05) is 11.5 Å². The molecule has 16 heavy (non-hydrogen) atoms. The van der Waals surface area contributed by atoms with Gasteiger partial charge < -0.3 is 16.9 Å². The summed E-state index contributed by atoms with van der Waals surface area (Å²) in [6.07, 6.45) is 2.84. The topological polar surface area (TPSA) is 88.8 Å². The number of pyridine rings is 1. The van der Waals surface area contributed by atoms with E-state index in [0.29, 0.717) is 16.9 Å². The molecule has 0 saturated carbocycles. The Kier molecular flexibility index (Phi) is 2.55. The summed E-state index contributed by atoms with van der Waals surface area (Å²) < 4.78 is 0. The predicted molar refractivity (Wildman–Crippen MR) is 66.4 cm³/mol. The number of hydrogen-bond donors (Lipinski definition) is 3. The van der Waals surface area contributed by atoms with Crippen molar-refractivity contribution in [2.45, 2.75) is 0 Å². The number of aromatic nitrogens is 1. The highest BCUT2D eigenvalue weighted by Crippen LogP contribution is 2.21. The van der Waals surface area contributed by atoms with Gasteiger partial charge in [-0.05, 0) is 24.3 Å². The summed E-state index contributed by atoms with van der Waals surface area (Å²) in [5, 5.41) is 7.23. The molecule has 0 radical (unpaired) electrons. The van der Waals surface area contributed by atoms with Crippen molar-refractivity contribution in [2.24, 2.45) is 0 Å². The summed E-state index contributed by atoms with van der Waals surface area (Å²) in [5.41, 5.74) is 14.9. The van der Waals surface area contributed by atoms with Crippen LogP contribution in [-0.4, -0.2) is 11.2 Å². The highest BCUT2D eigenvalue weighted by molar-refractivity contribution is 5.87. The van der Waals surface area contributed by atoms with E-state index < -0.39 is 0 Å². The van der Waals surface area contributed by atoms with E-state index in [1.54, 1.807) is 18.3 Å². The van der Waals surface area contributed by atoms with Crippen LogP contribution in [0, 0.1) is 5.41 Å². The van der Waals surface area contributed by atoms with Gasteiger partial charge in [0.15, 0.2) is 0 Å². The second kappa shape index (κ2) is 4.02. The highest BCUT2D eigenvalue weighted by Gasteiger charge is 2.02. The van der Waals surface area contributed by atoms with Crippen molar-refractivity contribution in [3.8, 4) is 11.3 Å². The van der Waals surface area contributed by atoms with E-state index in [1.807, 2.05) is 18.2 Å². The Morgan fingerprint density at radius 2 is 1.94 bits per heavy atom. The molecule has 0 aliphatic carbocycles. The number of rotatable bonds is 2. The van der Waals surface area contributed by atoms with Gasteiger partial charge in [-0.25, -0.2) is 0 Å². The lowest BCUT2D eigenvalue weighted by Crippen LogP contribution is -1.94. The molecule has 0 spiro atoms. The zero-order chi connectivity index (χ0) is 11.5. The lowest BCUT2D eigenvalue weighted by molar-refractivity contribution is 1.33. The minimum atomic E-state index is 0.592. The summed E-state index contributed by atoms with van der Waals surface area (Å²) in [5.74, 6) is 0. The SMILES string of the molecule is N=Cc1cc(-c2ccc(N)cn2)ccc1N. The van der Waals surface area contributed by atoms with Gasteiger partial charge in [-0.1, -0.05) is 6.07 Å². The van der Waals surface area contributed by atoms with Crippen molar-refractivity contribution in [1.29, 1.82) is 5.41 Å². The van der Waals surface area contributed by atoms with Crippen molar-refractivity contribution >= 4 is 17.6 Å². The Bertz CT molecular complexity index is 517. The maximum absolute atomic E-state index is 7.23. The zero-order valence-corrected chi connectivity index (χ0v) is 8.64. The van der Waals surface area contributed by atoms with E-state index in [9.17, 15) is 0 Å². The summed E-state index contributed by atoms with van der Waals surface area (Å²) in [6.45, 7) is 0. The van der Waals surface area contributed by atoms with Crippen LogP contribution in [0.5, 0.6) is 0 Å². The molecular weight excluding hydrogens is 200 g/mol. The summed E-state index contributed by atoms with van der Waals surface area (Å²) in [7, 11) is 0. The fourth-order valence-corrected chi connectivity index (χ4v) is 1.44. The van der Waals surface area contributed by atoms with Gasteiger partial charge in [-0.3, -0.25) is 4.98 Å². The van der Waals surface area contributed by atoms with Gasteiger partial charge in [0.25, 0.3) is 0 Å². The second-order valence-corrected chi connectivity index (χ2v) is 3.46. The van der Waals surface area contributed by atoms with Crippen LogP contribution in [0.25, 0.3) is 11.3 Å². The van der Waals surface area contributed by atoms with Gasteiger partial charge in [0.05, 0.1) is 17.6 Å². The third-order valence-corrected chi connectivity index (χ3v) is 2.32. The molecule has 1 heterocycles. The smallest absolute Gasteiger partial charge is 0.0703 e. The van der Waals surface area contributed by atoms with Crippen LogP contribution < -0.4 is 11.5 Å². The van der Waals surface area contributed by atoms with Crippen molar-refractivity contribution in [1.82, 2.24) is 4.98 Å². The maximum Gasteiger partial charge on any atom is 0.0703 e. The van der Waals surface area contributed by atoms with E-state index in [2.05, 4.69) is 4.98 Å². The largest absolute Gasteiger partial charge is 0.398 e. The van der Waals surface area contributed by atoms with Gasteiger partial charge in [0.2, 0.25) is 0 Å². The van der Waals surface area contributed by atoms with Crippen molar-refractivity contribution in [3.63, 3.8) is 0 Å². The fourth-order valence-electron chi connectivity index (χ4n) is 1.44. The molecule has 2 rings (SSSR count). The molecule has 1 aromatic heterocycles. The third-order valence-electron chi connectivity index (χ3n) is 2.32. The number of nitrogens with one attached hydrogen (secondary N) is 1. The summed E-state index contributed by atoms with van der Waals surface area (Å²) in [4.78, 5) is 4.21. The fraction of sp³-hybridized carbons (Fsp3) is 0. The molecule has 5 N–H and O–H groups in total. The van der Waals surface area contributed by atoms with Crippen LogP contribution in [0.15, 0.2) is 36.5 Å². The molecule has 0 bridgehead atoms. The average Bonchev–Trinajstić information content (AvgIpc) is 2.31. The van der Waals surface area contributed by atoms with Crippen molar-refractivity contribution in [3.05, 3.63) is 42.1 Å². The molecule has 0 aliphatic rings. The number of benzene rings is 1. The average molecular weight is 212 g/mol. The van der Waals surface area contributed by atoms with Crippen molar-refractivity contribution < 1.29 is 0 Å². The van der Waals surface area contributed by atoms with Crippen LogP contribution in [0.4, 0.5) is 11.4 Å². The molecule has 4 heteroatoms. The summed E-state index contributed by atoms with van der Waals surface area (Å²) >= 11 is 0. The number of nitrogens with zero attached hydrogens (tertiary/aromatic N) is 1. The Morgan fingerprint density at radius 3 is 2.56 bits per heavy atom. The first kappa shape index (κ1) is 10.2. The zero-order valence-electron chi connectivity index (χ0n) is 8.64. The Balaban J connectivity index is 2.48. The standard InChI is InChI=1S/C12H12N4/c13-6-9-5-8(1-3-11(9)15)12-4-2-10(14)7-16-12/h1-7,13H,14-15H2. The van der Waals surface area contributed by atoms with Crippen LogP contribution in [0.2, 0.25) is 0 Å². The van der Waals surface area contributed by atoms with Gasteiger partial charge >= 0.3 is 0 Å². The van der Waals surface area contributed by atoms with E-state index in [1.165, 1.54) is 6.21 Å². The Morgan fingerprint density at radius 1 is 1.12 bits per heavy atom. The molecule has 80 valence electrons. The number of anilines is 2. The number of nitrogen functional groups attached to an aromatic ring is 2. The van der Waals surface area contributed by atoms with Gasteiger partial charge in [-0.2, -0.15) is 0 Å². The highest BCUT2D eigenvalue weighted by atomic mass is 14.7. The normalized spacial score (nSPS) is 10.0. The molecule has 0 saturated heterocycles. The maximum atomic E-state index is 7.23. The number of nitrogens with two attached hydrogens (primary N) is 2. The van der Waals surface area contributed by atoms with Gasteiger partial charge in [0, 0.05) is 23.0 Å². The van der Waals surface area contributed by atoms with Gasteiger partial charge in [0.1, 0.15) is 0 Å². The lowest BCUT2D eigenvalue weighted by atomic mass is 10.1. The Labute approximate surface area is 93.4 Å². The minimum Gasteiger partial charge on any atom is -0.398 e. The predicted octanol–water partition coefficient (Wildman–Crippen LogP) is 1.91. The summed E-state index contributed by atoms with van der Waals surface area (Å²) in [6, 6.07) is 9.12. The molecule has 0 amide bonds. The molecule has 2 aromatic rings. The molecule has 4 nitrogen and oxygen atoms in total. The first-order chi connectivity index (χ1) is 7.70. The van der Waals surface area contributed by atoms with Crippen LogP contribution in [0.3, 0.4) is 0 Å². The van der Waals surface area contributed by atoms with Crippen LogP contribution >= 0.6 is 0 Å². The van der Waals surface area contributed by atoms with E-state index in [4.69, 9.17) is 16.9 Å². The molecule has 0 fully saturated rings. The van der Waals surface area contributed by atoms with Gasteiger partial charge in [-0.15, -0.1) is 0 Å². The Hall–Kier alpha value is -2.36. The van der Waals surface area contributed by atoms with Crippen LogP contribution in [0.1, 0.15) is 5.56 Å². The quantitative estimate of drug-likeness (QED) is 0.524. The number of hydrogen-bond acceptors (Lipinski definition) is 4. The van der Waals surface area contributed by atoms with E-state index in [-0.39, 0.29) is 0 Å². The molecule has 1 aromatic carbocycles. The molecular formula is C12H12N4. The lowest BCUT2D eigenvalue weighted by Gasteiger charge is -2.04. The second-order valence-electron chi connectivity index (χ2n) is 3.46. The first-order valence-corrected chi connectivity index (χ1v) is 4.82.